The van der Waals surface area contributed by atoms with Crippen LogP contribution in [0.4, 0.5) is 10.1 Å². The molecule has 2 aromatic rings. The highest BCUT2D eigenvalue weighted by Gasteiger charge is 2.28. The van der Waals surface area contributed by atoms with Crippen molar-refractivity contribution in [3.8, 4) is 0 Å². The summed E-state index contributed by atoms with van der Waals surface area (Å²) in [6, 6.07) is 11.3. The van der Waals surface area contributed by atoms with Crippen LogP contribution in [0.25, 0.3) is 0 Å². The smallest absolute Gasteiger partial charge is 0.242 e. The summed E-state index contributed by atoms with van der Waals surface area (Å²) in [5.41, 5.74) is 2.49. The molecule has 0 atom stereocenters. The van der Waals surface area contributed by atoms with E-state index in [1.807, 2.05) is 18.2 Å². The van der Waals surface area contributed by atoms with E-state index in [1.54, 1.807) is 4.90 Å². The molecule has 26 heavy (non-hydrogen) atoms. The summed E-state index contributed by atoms with van der Waals surface area (Å²) < 4.78 is 39.3. The number of rotatable bonds is 5. The van der Waals surface area contributed by atoms with Gasteiger partial charge < -0.3 is 4.90 Å². The Morgan fingerprint density at radius 3 is 2.58 bits per heavy atom. The predicted molar refractivity (Wildman–Crippen MR) is 102 cm³/mol. The molecule has 5 nitrogen and oxygen atoms in total. The third kappa shape index (κ3) is 4.31. The van der Waals surface area contributed by atoms with Crippen LogP contribution in [0.3, 0.4) is 0 Å². The zero-order valence-corrected chi connectivity index (χ0v) is 16.6. The first-order valence-electron chi connectivity index (χ1n) is 8.02. The van der Waals surface area contributed by atoms with Gasteiger partial charge in [0.15, 0.2) is 0 Å². The highest BCUT2D eigenvalue weighted by atomic mass is 79.9. The SMILES string of the molecule is CS(=O)(=O)N(CC(=O)N1CCc2cc(Br)ccc21)Cc1ccc(F)cc1. The number of hydrogen-bond acceptors (Lipinski definition) is 3. The number of fused-ring (bicyclic) bond motifs is 1. The first-order valence-corrected chi connectivity index (χ1v) is 10.7. The number of sulfonamides is 1. The maximum absolute atomic E-state index is 13.0. The summed E-state index contributed by atoms with van der Waals surface area (Å²) in [6.07, 6.45) is 1.80. The molecule has 8 heteroatoms. The molecule has 1 amide bonds. The van der Waals surface area contributed by atoms with Crippen LogP contribution in [0.1, 0.15) is 11.1 Å². The normalized spacial score (nSPS) is 13.9. The van der Waals surface area contributed by atoms with Crippen LogP contribution in [-0.2, 0) is 27.8 Å². The monoisotopic (exact) mass is 440 g/mol. The van der Waals surface area contributed by atoms with Gasteiger partial charge in [0.05, 0.1) is 12.8 Å². The summed E-state index contributed by atoms with van der Waals surface area (Å²) in [7, 11) is -3.60. The highest BCUT2D eigenvalue weighted by Crippen LogP contribution is 2.30. The van der Waals surface area contributed by atoms with E-state index in [4.69, 9.17) is 0 Å². The van der Waals surface area contributed by atoms with Crippen LogP contribution >= 0.6 is 15.9 Å². The molecule has 0 saturated heterocycles. The van der Waals surface area contributed by atoms with E-state index in [0.717, 1.165) is 32.7 Å². The minimum atomic E-state index is -3.60. The molecule has 1 aliphatic heterocycles. The van der Waals surface area contributed by atoms with Crippen molar-refractivity contribution in [2.45, 2.75) is 13.0 Å². The van der Waals surface area contributed by atoms with Crippen LogP contribution in [0.2, 0.25) is 0 Å². The van der Waals surface area contributed by atoms with Crippen LogP contribution in [-0.4, -0.2) is 38.0 Å². The van der Waals surface area contributed by atoms with E-state index >= 15 is 0 Å². The Kier molecular flexibility index (Phi) is 5.45. The van der Waals surface area contributed by atoms with E-state index in [-0.39, 0.29) is 19.0 Å². The molecule has 2 aromatic carbocycles. The van der Waals surface area contributed by atoms with Gasteiger partial charge in [-0.15, -0.1) is 0 Å². The standard InChI is InChI=1S/C18H18BrFN2O3S/c1-26(24,25)21(11-13-2-5-16(20)6-3-13)12-18(23)22-9-8-14-10-15(19)4-7-17(14)22/h2-7,10H,8-9,11-12H2,1H3. The second-order valence-electron chi connectivity index (χ2n) is 6.23. The number of carbonyl (C=O) groups is 1. The number of hydrogen-bond donors (Lipinski definition) is 0. The number of carbonyl (C=O) groups excluding carboxylic acids is 1. The lowest BCUT2D eigenvalue weighted by Gasteiger charge is -2.24. The Labute approximate surface area is 160 Å². The maximum Gasteiger partial charge on any atom is 0.242 e. The molecule has 0 radical (unpaired) electrons. The van der Waals surface area contributed by atoms with Crippen molar-refractivity contribution in [3.05, 3.63) is 63.9 Å². The minimum Gasteiger partial charge on any atom is -0.311 e. The number of nitrogens with zero attached hydrogens (tertiary/aromatic N) is 2. The minimum absolute atomic E-state index is 0.0197. The number of amides is 1. The van der Waals surface area contributed by atoms with Gasteiger partial charge in [0.2, 0.25) is 15.9 Å². The molecular formula is C18H18BrFN2O3S. The highest BCUT2D eigenvalue weighted by molar-refractivity contribution is 9.10. The number of anilines is 1. The van der Waals surface area contributed by atoms with Gasteiger partial charge in [0, 0.05) is 23.2 Å². The van der Waals surface area contributed by atoms with Gasteiger partial charge in [-0.25, -0.2) is 12.8 Å². The fraction of sp³-hybridized carbons (Fsp3) is 0.278. The Morgan fingerprint density at radius 1 is 1.23 bits per heavy atom. The third-order valence-electron chi connectivity index (χ3n) is 4.29. The van der Waals surface area contributed by atoms with Crippen molar-refractivity contribution in [1.82, 2.24) is 4.31 Å². The molecule has 0 saturated carbocycles. The molecular weight excluding hydrogens is 423 g/mol. The van der Waals surface area contributed by atoms with Gasteiger partial charge >= 0.3 is 0 Å². The van der Waals surface area contributed by atoms with Crippen molar-refractivity contribution in [2.24, 2.45) is 0 Å². The molecule has 0 unspecified atom stereocenters. The number of halogens is 2. The predicted octanol–water partition coefficient (Wildman–Crippen LogP) is 2.94. The maximum atomic E-state index is 13.0. The van der Waals surface area contributed by atoms with Gasteiger partial charge in [0.1, 0.15) is 5.82 Å². The molecule has 1 aliphatic rings. The van der Waals surface area contributed by atoms with Crippen molar-refractivity contribution < 1.29 is 17.6 Å². The summed E-state index contributed by atoms with van der Waals surface area (Å²) in [5, 5.41) is 0. The third-order valence-corrected chi connectivity index (χ3v) is 5.98. The molecule has 1 heterocycles. The van der Waals surface area contributed by atoms with Crippen molar-refractivity contribution in [2.75, 3.05) is 24.2 Å². The fourth-order valence-electron chi connectivity index (χ4n) is 2.95. The molecule has 0 aromatic heterocycles. The van der Waals surface area contributed by atoms with Crippen molar-refractivity contribution in [1.29, 1.82) is 0 Å². The molecule has 0 N–H and O–H groups in total. The van der Waals surface area contributed by atoms with Crippen LogP contribution in [0.5, 0.6) is 0 Å². The van der Waals surface area contributed by atoms with Gasteiger partial charge in [-0.2, -0.15) is 4.31 Å². The topological polar surface area (TPSA) is 57.7 Å². The Morgan fingerprint density at radius 2 is 1.92 bits per heavy atom. The Balaban J connectivity index is 1.78. The zero-order valence-electron chi connectivity index (χ0n) is 14.2. The number of benzene rings is 2. The van der Waals surface area contributed by atoms with E-state index < -0.39 is 15.8 Å². The lowest BCUT2D eigenvalue weighted by Crippen LogP contribution is -2.41. The van der Waals surface area contributed by atoms with Gasteiger partial charge in [-0.05, 0) is 47.9 Å². The molecule has 0 fully saturated rings. The van der Waals surface area contributed by atoms with E-state index in [2.05, 4.69) is 15.9 Å². The van der Waals surface area contributed by atoms with E-state index in [0.29, 0.717) is 12.1 Å². The van der Waals surface area contributed by atoms with Crippen LogP contribution < -0.4 is 4.90 Å². The summed E-state index contributed by atoms with van der Waals surface area (Å²) in [4.78, 5) is 14.4. The second-order valence-corrected chi connectivity index (χ2v) is 9.12. The molecule has 0 bridgehead atoms. The quantitative estimate of drug-likeness (QED) is 0.717. The van der Waals surface area contributed by atoms with E-state index in [1.165, 1.54) is 24.3 Å². The molecule has 0 spiro atoms. The van der Waals surface area contributed by atoms with Crippen LogP contribution in [0.15, 0.2) is 46.9 Å². The fourth-order valence-corrected chi connectivity index (χ4v) is 4.09. The molecule has 3 rings (SSSR count). The summed E-state index contributed by atoms with van der Waals surface area (Å²) >= 11 is 3.41. The first kappa shape index (κ1) is 19.0. The van der Waals surface area contributed by atoms with E-state index in [9.17, 15) is 17.6 Å². The lowest BCUT2D eigenvalue weighted by molar-refractivity contribution is -0.118. The second kappa shape index (κ2) is 7.46. The van der Waals surface area contributed by atoms with Crippen molar-refractivity contribution in [3.63, 3.8) is 0 Å². The zero-order chi connectivity index (χ0) is 18.9. The summed E-state index contributed by atoms with van der Waals surface area (Å²) in [5.74, 6) is -0.672. The Bertz CT molecular complexity index is 932. The molecule has 138 valence electrons. The van der Waals surface area contributed by atoms with Gasteiger partial charge in [-0.1, -0.05) is 28.1 Å². The van der Waals surface area contributed by atoms with Gasteiger partial charge in [0.25, 0.3) is 0 Å². The van der Waals surface area contributed by atoms with Gasteiger partial charge in [-0.3, -0.25) is 4.79 Å². The average Bonchev–Trinajstić information content (AvgIpc) is 2.98. The van der Waals surface area contributed by atoms with Crippen LogP contribution in [0, 0.1) is 5.82 Å². The first-order chi connectivity index (χ1) is 12.2. The summed E-state index contributed by atoms with van der Waals surface area (Å²) in [6.45, 7) is 0.288. The largest absolute Gasteiger partial charge is 0.311 e. The van der Waals surface area contributed by atoms with Crippen molar-refractivity contribution >= 4 is 37.5 Å². The Hall–Kier alpha value is -1.77. The lowest BCUT2D eigenvalue weighted by atomic mass is 10.2. The average molecular weight is 441 g/mol. The molecule has 0 aliphatic carbocycles.